The van der Waals surface area contributed by atoms with Crippen LogP contribution in [-0.2, 0) is 19.2 Å². The van der Waals surface area contributed by atoms with Crippen LogP contribution in [0, 0.1) is 10.8 Å². The minimum atomic E-state index is -1.95. The average Bonchev–Trinajstić information content (AvgIpc) is 2.59. The molecule has 0 unspecified atom stereocenters. The first-order valence-electron chi connectivity index (χ1n) is 8.46. The average molecular weight is 388 g/mol. The van der Waals surface area contributed by atoms with Crippen molar-refractivity contribution in [3.8, 4) is 0 Å². The maximum absolute atomic E-state index is 12.8. The van der Waals surface area contributed by atoms with Crippen LogP contribution in [0.5, 0.6) is 0 Å². The van der Waals surface area contributed by atoms with Gasteiger partial charge in [-0.2, -0.15) is 0 Å². The number of hydrogen-bond donors (Lipinski definition) is 2. The van der Waals surface area contributed by atoms with E-state index >= 15 is 0 Å². The lowest BCUT2D eigenvalue weighted by atomic mass is 9.73. The third kappa shape index (κ3) is 3.37. The summed E-state index contributed by atoms with van der Waals surface area (Å²) in [5, 5.41) is 0. The third-order valence-electron chi connectivity index (χ3n) is 5.44. The standard InChI is InChI=1S/C20H24N2O6/c1-9(23)19(5,10(2)24)17(27)13-7-16(22)14(8-15(13)21)18(28)20(6,11(3)25)12(4)26/h7-8H,21-22H2,1-6H3. The minimum Gasteiger partial charge on any atom is -0.398 e. The van der Waals surface area contributed by atoms with Gasteiger partial charge in [-0.05, 0) is 53.7 Å². The van der Waals surface area contributed by atoms with Gasteiger partial charge in [-0.25, -0.2) is 0 Å². The van der Waals surface area contributed by atoms with Gasteiger partial charge in [0, 0.05) is 22.5 Å². The van der Waals surface area contributed by atoms with Crippen LogP contribution in [0.25, 0.3) is 0 Å². The molecular weight excluding hydrogens is 364 g/mol. The number of rotatable bonds is 8. The maximum atomic E-state index is 12.8. The molecule has 0 atom stereocenters. The summed E-state index contributed by atoms with van der Waals surface area (Å²) in [7, 11) is 0. The Morgan fingerprint density at radius 2 is 0.821 bits per heavy atom. The second-order valence-corrected chi connectivity index (χ2v) is 7.16. The van der Waals surface area contributed by atoms with Crippen LogP contribution in [-0.4, -0.2) is 34.7 Å². The molecule has 1 aromatic rings. The molecule has 8 heteroatoms. The van der Waals surface area contributed by atoms with Crippen molar-refractivity contribution in [2.24, 2.45) is 10.8 Å². The number of nitrogens with two attached hydrogens (primary N) is 2. The van der Waals surface area contributed by atoms with Crippen LogP contribution >= 0.6 is 0 Å². The first kappa shape index (κ1) is 22.9. The van der Waals surface area contributed by atoms with E-state index in [9.17, 15) is 28.8 Å². The van der Waals surface area contributed by atoms with Gasteiger partial charge in [0.2, 0.25) is 0 Å². The topological polar surface area (TPSA) is 154 Å². The Kier molecular flexibility index (Phi) is 6.09. The van der Waals surface area contributed by atoms with E-state index in [1.54, 1.807) is 0 Å². The zero-order valence-electron chi connectivity index (χ0n) is 16.8. The van der Waals surface area contributed by atoms with E-state index in [4.69, 9.17) is 11.5 Å². The monoisotopic (exact) mass is 388 g/mol. The summed E-state index contributed by atoms with van der Waals surface area (Å²) in [4.78, 5) is 73.4. The van der Waals surface area contributed by atoms with Gasteiger partial charge in [-0.1, -0.05) is 0 Å². The Morgan fingerprint density at radius 3 is 1.00 bits per heavy atom. The first-order chi connectivity index (χ1) is 12.6. The minimum absolute atomic E-state index is 0.200. The smallest absolute Gasteiger partial charge is 0.185 e. The van der Waals surface area contributed by atoms with Gasteiger partial charge >= 0.3 is 0 Å². The molecule has 0 spiro atoms. The molecule has 150 valence electrons. The molecule has 0 aliphatic heterocycles. The van der Waals surface area contributed by atoms with Crippen molar-refractivity contribution >= 4 is 46.1 Å². The van der Waals surface area contributed by atoms with Gasteiger partial charge in [0.05, 0.1) is 0 Å². The molecule has 4 N–H and O–H groups in total. The molecule has 0 aliphatic rings. The lowest BCUT2D eigenvalue weighted by Gasteiger charge is -2.25. The van der Waals surface area contributed by atoms with Gasteiger partial charge in [-0.3, -0.25) is 28.8 Å². The summed E-state index contributed by atoms with van der Waals surface area (Å²) < 4.78 is 0. The largest absolute Gasteiger partial charge is 0.398 e. The summed E-state index contributed by atoms with van der Waals surface area (Å²) in [5.41, 5.74) is 7.11. The summed E-state index contributed by atoms with van der Waals surface area (Å²) in [5.74, 6) is -4.35. The predicted molar refractivity (Wildman–Crippen MR) is 103 cm³/mol. The van der Waals surface area contributed by atoms with Crippen LogP contribution in [0.1, 0.15) is 62.3 Å². The molecule has 0 bridgehead atoms. The fraction of sp³-hybridized carbons (Fsp3) is 0.400. The lowest BCUT2D eigenvalue weighted by Crippen LogP contribution is -2.42. The van der Waals surface area contributed by atoms with Crippen LogP contribution in [0.2, 0.25) is 0 Å². The number of ketones is 6. The van der Waals surface area contributed by atoms with Crippen molar-refractivity contribution in [2.45, 2.75) is 41.5 Å². The molecule has 1 rings (SSSR count). The fourth-order valence-corrected chi connectivity index (χ4v) is 2.70. The van der Waals surface area contributed by atoms with Crippen molar-refractivity contribution in [3.05, 3.63) is 23.3 Å². The normalized spacial score (nSPS) is 11.6. The molecule has 8 nitrogen and oxygen atoms in total. The number of Topliss-reactive ketones (excluding diaryl/α,β-unsaturated/α-hetero) is 6. The van der Waals surface area contributed by atoms with E-state index in [2.05, 4.69) is 0 Å². The molecule has 0 aromatic heterocycles. The van der Waals surface area contributed by atoms with Crippen LogP contribution < -0.4 is 11.5 Å². The molecule has 0 saturated carbocycles. The van der Waals surface area contributed by atoms with Crippen LogP contribution in [0.4, 0.5) is 11.4 Å². The van der Waals surface area contributed by atoms with Crippen LogP contribution in [0.3, 0.4) is 0 Å². The Balaban J connectivity index is 3.63. The number of nitrogen functional groups attached to an aromatic ring is 2. The molecule has 0 radical (unpaired) electrons. The highest BCUT2D eigenvalue weighted by Crippen LogP contribution is 2.34. The zero-order chi connectivity index (χ0) is 22.2. The Morgan fingerprint density at radius 1 is 0.607 bits per heavy atom. The second kappa shape index (κ2) is 7.46. The number of benzene rings is 1. The summed E-state index contributed by atoms with van der Waals surface area (Å²) in [6.07, 6.45) is 0. The summed E-state index contributed by atoms with van der Waals surface area (Å²) in [6, 6.07) is 2.16. The molecule has 0 saturated heterocycles. The highest BCUT2D eigenvalue weighted by atomic mass is 16.2. The number of anilines is 2. The van der Waals surface area contributed by atoms with Crippen molar-refractivity contribution < 1.29 is 28.8 Å². The van der Waals surface area contributed by atoms with Gasteiger partial charge in [-0.15, -0.1) is 0 Å². The highest BCUT2D eigenvalue weighted by molar-refractivity contribution is 6.31. The SMILES string of the molecule is CC(=O)C(C)(C(C)=O)C(=O)c1cc(N)c(C(=O)C(C)(C(C)=O)C(C)=O)cc1N. The van der Waals surface area contributed by atoms with E-state index in [1.165, 1.54) is 13.8 Å². The Labute approximate surface area is 162 Å². The Bertz CT molecular complexity index is 825. The molecule has 1 aromatic carbocycles. The lowest BCUT2D eigenvalue weighted by molar-refractivity contribution is -0.135. The van der Waals surface area contributed by atoms with Crippen molar-refractivity contribution in [1.82, 2.24) is 0 Å². The second-order valence-electron chi connectivity index (χ2n) is 7.16. The quantitative estimate of drug-likeness (QED) is 0.386. The van der Waals surface area contributed by atoms with Crippen molar-refractivity contribution in [3.63, 3.8) is 0 Å². The molecule has 0 fully saturated rings. The third-order valence-corrected chi connectivity index (χ3v) is 5.44. The predicted octanol–water partition coefficient (Wildman–Crippen LogP) is 1.58. The number of carbonyl (C=O) groups excluding carboxylic acids is 6. The molecule has 28 heavy (non-hydrogen) atoms. The summed E-state index contributed by atoms with van der Waals surface area (Å²) >= 11 is 0. The van der Waals surface area contributed by atoms with Crippen molar-refractivity contribution in [1.29, 1.82) is 0 Å². The molecular formula is C20H24N2O6. The molecule has 0 heterocycles. The van der Waals surface area contributed by atoms with Gasteiger partial charge < -0.3 is 11.5 Å². The highest BCUT2D eigenvalue weighted by Gasteiger charge is 2.46. The molecule has 0 amide bonds. The zero-order valence-corrected chi connectivity index (χ0v) is 16.8. The summed E-state index contributed by atoms with van der Waals surface area (Å²) in [6.45, 7) is 6.84. The van der Waals surface area contributed by atoms with Crippen LogP contribution in [0.15, 0.2) is 12.1 Å². The Hall–Kier alpha value is -3.16. The number of carbonyl (C=O) groups is 6. The van der Waals surface area contributed by atoms with Gasteiger partial charge in [0.15, 0.2) is 34.7 Å². The maximum Gasteiger partial charge on any atom is 0.185 e. The van der Waals surface area contributed by atoms with E-state index in [0.717, 1.165) is 39.8 Å². The van der Waals surface area contributed by atoms with E-state index in [0.29, 0.717) is 0 Å². The first-order valence-corrected chi connectivity index (χ1v) is 8.46. The van der Waals surface area contributed by atoms with Crippen molar-refractivity contribution in [2.75, 3.05) is 11.5 Å². The van der Waals surface area contributed by atoms with E-state index in [1.807, 2.05) is 0 Å². The molecule has 0 aliphatic carbocycles. The fourth-order valence-electron chi connectivity index (χ4n) is 2.70. The number of hydrogen-bond acceptors (Lipinski definition) is 8. The van der Waals surface area contributed by atoms with E-state index < -0.39 is 45.5 Å². The van der Waals surface area contributed by atoms with Gasteiger partial charge in [0.25, 0.3) is 0 Å². The van der Waals surface area contributed by atoms with Gasteiger partial charge in [0.1, 0.15) is 10.8 Å². The van der Waals surface area contributed by atoms with E-state index in [-0.39, 0.29) is 22.5 Å².